The molecule has 1 aliphatic carbocycles. The number of aliphatic hydroxyl groups is 1. The summed E-state index contributed by atoms with van der Waals surface area (Å²) in [4.78, 5) is 11.7. The predicted octanol–water partition coefficient (Wildman–Crippen LogP) is 2.66. The molecule has 21 heavy (non-hydrogen) atoms. The van der Waals surface area contributed by atoms with Gasteiger partial charge in [-0.05, 0) is 24.8 Å². The lowest BCUT2D eigenvalue weighted by atomic mass is 9.80. The van der Waals surface area contributed by atoms with Gasteiger partial charge < -0.3 is 10.4 Å². The molecule has 1 aliphatic rings. The molecular formula is C15H16F3NO2. The molecule has 1 amide bonds. The lowest BCUT2D eigenvalue weighted by Gasteiger charge is -2.36. The van der Waals surface area contributed by atoms with E-state index in [2.05, 4.69) is 5.32 Å². The Bertz CT molecular complexity index is 534. The summed E-state index contributed by atoms with van der Waals surface area (Å²) in [6, 6.07) is 7.15. The number of alkyl halides is 3. The van der Waals surface area contributed by atoms with Gasteiger partial charge in [0.2, 0.25) is 5.91 Å². The zero-order valence-electron chi connectivity index (χ0n) is 11.3. The summed E-state index contributed by atoms with van der Waals surface area (Å²) >= 11 is 0. The van der Waals surface area contributed by atoms with E-state index in [0.29, 0.717) is 18.9 Å². The first-order valence-corrected chi connectivity index (χ1v) is 6.65. The second-order valence-electron chi connectivity index (χ2n) is 5.22. The minimum Gasteiger partial charge on any atom is -0.388 e. The summed E-state index contributed by atoms with van der Waals surface area (Å²) in [6.07, 6.45) is -2.10. The maximum Gasteiger partial charge on any atom is 0.417 e. The number of rotatable bonds is 4. The molecule has 0 atom stereocenters. The Morgan fingerprint density at radius 1 is 1.29 bits per heavy atom. The summed E-state index contributed by atoms with van der Waals surface area (Å²) in [5.41, 5.74) is -2.03. The molecule has 0 spiro atoms. The number of amides is 1. The van der Waals surface area contributed by atoms with Crippen LogP contribution in [0.4, 0.5) is 13.2 Å². The van der Waals surface area contributed by atoms with Gasteiger partial charge in [0.25, 0.3) is 0 Å². The monoisotopic (exact) mass is 299 g/mol. The molecule has 1 aromatic carbocycles. The number of carbonyl (C=O) groups is 1. The molecule has 0 heterocycles. The molecule has 0 saturated heterocycles. The van der Waals surface area contributed by atoms with Crippen molar-refractivity contribution in [2.75, 3.05) is 6.54 Å². The van der Waals surface area contributed by atoms with Crippen molar-refractivity contribution in [1.82, 2.24) is 5.32 Å². The van der Waals surface area contributed by atoms with Gasteiger partial charge in [-0.2, -0.15) is 13.2 Å². The van der Waals surface area contributed by atoms with Gasteiger partial charge in [-0.1, -0.05) is 30.3 Å². The number of benzene rings is 1. The Kier molecular flexibility index (Phi) is 4.37. The van der Waals surface area contributed by atoms with Crippen LogP contribution in [-0.2, 0) is 4.79 Å². The van der Waals surface area contributed by atoms with Crippen molar-refractivity contribution in [3.05, 3.63) is 42.0 Å². The van der Waals surface area contributed by atoms with Crippen LogP contribution in [0.5, 0.6) is 0 Å². The summed E-state index contributed by atoms with van der Waals surface area (Å²) in [6.45, 7) is -0.0255. The molecule has 1 fully saturated rings. The minimum atomic E-state index is -4.62. The molecule has 6 heteroatoms. The zero-order chi connectivity index (χ0) is 15.5. The van der Waals surface area contributed by atoms with Crippen LogP contribution >= 0.6 is 0 Å². The lowest BCUT2D eigenvalue weighted by Crippen LogP contribution is -2.47. The van der Waals surface area contributed by atoms with Crippen molar-refractivity contribution in [3.8, 4) is 0 Å². The normalized spacial score (nSPS) is 18.0. The van der Waals surface area contributed by atoms with Crippen LogP contribution in [0.15, 0.2) is 36.4 Å². The molecule has 0 bridgehead atoms. The maximum absolute atomic E-state index is 13.0. The SMILES string of the molecule is O=C(C=C(c1ccccc1)C(F)(F)F)NCC1(O)CCC1. The smallest absolute Gasteiger partial charge is 0.388 e. The third-order valence-electron chi connectivity index (χ3n) is 3.54. The maximum atomic E-state index is 13.0. The molecule has 114 valence electrons. The number of halogens is 3. The van der Waals surface area contributed by atoms with Crippen molar-refractivity contribution < 1.29 is 23.1 Å². The fourth-order valence-electron chi connectivity index (χ4n) is 2.14. The summed E-state index contributed by atoms with van der Waals surface area (Å²) in [5, 5.41) is 12.1. The van der Waals surface area contributed by atoms with Crippen molar-refractivity contribution in [1.29, 1.82) is 0 Å². The van der Waals surface area contributed by atoms with Gasteiger partial charge in [-0.15, -0.1) is 0 Å². The first-order chi connectivity index (χ1) is 9.80. The molecular weight excluding hydrogens is 283 g/mol. The van der Waals surface area contributed by atoms with E-state index in [1.165, 1.54) is 24.3 Å². The summed E-state index contributed by atoms with van der Waals surface area (Å²) in [7, 11) is 0. The molecule has 3 nitrogen and oxygen atoms in total. The van der Waals surface area contributed by atoms with Crippen LogP contribution in [0.25, 0.3) is 5.57 Å². The third-order valence-corrected chi connectivity index (χ3v) is 3.54. The first-order valence-electron chi connectivity index (χ1n) is 6.65. The lowest BCUT2D eigenvalue weighted by molar-refractivity contribution is -0.119. The number of carbonyl (C=O) groups excluding carboxylic acids is 1. The highest BCUT2D eigenvalue weighted by Gasteiger charge is 2.36. The predicted molar refractivity (Wildman–Crippen MR) is 72.3 cm³/mol. The van der Waals surface area contributed by atoms with Crippen molar-refractivity contribution in [3.63, 3.8) is 0 Å². The molecule has 0 radical (unpaired) electrons. The minimum absolute atomic E-state index is 0.0255. The van der Waals surface area contributed by atoms with E-state index in [1.54, 1.807) is 6.07 Å². The van der Waals surface area contributed by atoms with E-state index in [9.17, 15) is 23.1 Å². The van der Waals surface area contributed by atoms with E-state index in [0.717, 1.165) is 6.42 Å². The number of hydrogen-bond donors (Lipinski definition) is 2. The standard InChI is InChI=1S/C15H16F3NO2/c16-15(17,18)12(11-5-2-1-3-6-11)9-13(20)19-10-14(21)7-4-8-14/h1-3,5-6,9,21H,4,7-8,10H2,(H,19,20). The molecule has 2 N–H and O–H groups in total. The van der Waals surface area contributed by atoms with E-state index >= 15 is 0 Å². The van der Waals surface area contributed by atoms with Crippen LogP contribution in [0, 0.1) is 0 Å². The van der Waals surface area contributed by atoms with E-state index in [4.69, 9.17) is 0 Å². The van der Waals surface area contributed by atoms with Gasteiger partial charge in [0, 0.05) is 12.6 Å². The van der Waals surface area contributed by atoms with Crippen LogP contribution in [-0.4, -0.2) is 29.3 Å². The second kappa shape index (κ2) is 5.89. The molecule has 2 rings (SSSR count). The highest BCUT2D eigenvalue weighted by atomic mass is 19.4. The Labute approximate surface area is 120 Å². The summed E-state index contributed by atoms with van der Waals surface area (Å²) < 4.78 is 39.1. The summed E-state index contributed by atoms with van der Waals surface area (Å²) in [5.74, 6) is -0.855. The number of allylic oxidation sites excluding steroid dienone is 1. The fraction of sp³-hybridized carbons (Fsp3) is 0.400. The Hall–Kier alpha value is -1.82. The van der Waals surface area contributed by atoms with Crippen molar-refractivity contribution in [2.24, 2.45) is 0 Å². The number of nitrogens with one attached hydrogen (secondary N) is 1. The average molecular weight is 299 g/mol. The molecule has 1 saturated carbocycles. The van der Waals surface area contributed by atoms with Crippen LogP contribution < -0.4 is 5.32 Å². The van der Waals surface area contributed by atoms with Crippen molar-refractivity contribution in [2.45, 2.75) is 31.0 Å². The van der Waals surface area contributed by atoms with Crippen molar-refractivity contribution >= 4 is 11.5 Å². The van der Waals surface area contributed by atoms with Gasteiger partial charge >= 0.3 is 6.18 Å². The van der Waals surface area contributed by atoms with Crippen LogP contribution in [0.1, 0.15) is 24.8 Å². The largest absolute Gasteiger partial charge is 0.417 e. The molecule has 0 unspecified atom stereocenters. The molecule has 0 aliphatic heterocycles. The second-order valence-corrected chi connectivity index (χ2v) is 5.22. The van der Waals surface area contributed by atoms with Gasteiger partial charge in [0.15, 0.2) is 0 Å². The first kappa shape index (κ1) is 15.6. The zero-order valence-corrected chi connectivity index (χ0v) is 11.3. The topological polar surface area (TPSA) is 49.3 Å². The Morgan fingerprint density at radius 2 is 1.90 bits per heavy atom. The average Bonchev–Trinajstić information content (AvgIpc) is 2.40. The quantitative estimate of drug-likeness (QED) is 0.840. The molecule has 1 aromatic rings. The highest BCUT2D eigenvalue weighted by molar-refractivity contribution is 5.96. The van der Waals surface area contributed by atoms with Crippen LogP contribution in [0.2, 0.25) is 0 Å². The van der Waals surface area contributed by atoms with E-state index in [-0.39, 0.29) is 12.1 Å². The highest BCUT2D eigenvalue weighted by Crippen LogP contribution is 2.34. The van der Waals surface area contributed by atoms with Gasteiger partial charge in [-0.25, -0.2) is 0 Å². The fourth-order valence-corrected chi connectivity index (χ4v) is 2.14. The van der Waals surface area contributed by atoms with E-state index < -0.39 is 23.3 Å². The Morgan fingerprint density at radius 3 is 2.38 bits per heavy atom. The Balaban J connectivity index is 2.11. The third kappa shape index (κ3) is 4.07. The number of hydrogen-bond acceptors (Lipinski definition) is 2. The van der Waals surface area contributed by atoms with Crippen LogP contribution in [0.3, 0.4) is 0 Å². The molecule has 0 aromatic heterocycles. The van der Waals surface area contributed by atoms with E-state index in [1.807, 2.05) is 0 Å². The van der Waals surface area contributed by atoms with Gasteiger partial charge in [0.05, 0.1) is 11.2 Å². The van der Waals surface area contributed by atoms with Gasteiger partial charge in [0.1, 0.15) is 0 Å². The van der Waals surface area contributed by atoms with Gasteiger partial charge in [-0.3, -0.25) is 4.79 Å².